The largest absolute Gasteiger partial charge is 0.326 e. The Bertz CT molecular complexity index is 331. The van der Waals surface area contributed by atoms with Crippen LogP contribution in [0.4, 0.5) is 0 Å². The van der Waals surface area contributed by atoms with Gasteiger partial charge in [-0.25, -0.2) is 0 Å². The quantitative estimate of drug-likeness (QED) is 0.797. The number of aryl methyl sites for hydroxylation is 1. The summed E-state index contributed by atoms with van der Waals surface area (Å²) in [6, 6.07) is 9.72. The molecule has 1 saturated heterocycles. The third-order valence-electron chi connectivity index (χ3n) is 3.74. The number of hydrogen-bond donors (Lipinski definition) is 2. The minimum absolute atomic E-state index is 0.282. The number of nitrogens with two attached hydrogens (primary N) is 1. The first-order valence-corrected chi connectivity index (χ1v) is 6.28. The van der Waals surface area contributed by atoms with Crippen LogP contribution in [0.3, 0.4) is 0 Å². The molecule has 3 atom stereocenters. The van der Waals surface area contributed by atoms with Crippen molar-refractivity contribution in [2.24, 2.45) is 5.73 Å². The Morgan fingerprint density at radius 3 is 2.56 bits per heavy atom. The first-order valence-electron chi connectivity index (χ1n) is 6.28. The molecule has 0 amide bonds. The molecule has 1 aromatic carbocycles. The molecule has 1 aliphatic heterocycles. The Morgan fingerprint density at radius 1 is 1.31 bits per heavy atom. The Morgan fingerprint density at radius 2 is 2.00 bits per heavy atom. The van der Waals surface area contributed by atoms with Crippen LogP contribution in [0.5, 0.6) is 0 Å². The van der Waals surface area contributed by atoms with Crippen LogP contribution in [0.15, 0.2) is 24.3 Å². The minimum atomic E-state index is 0.282. The molecule has 2 nitrogen and oxygen atoms in total. The smallest absolute Gasteiger partial charge is 0.0198 e. The molecule has 0 radical (unpaired) electrons. The summed E-state index contributed by atoms with van der Waals surface area (Å²) in [6.07, 6.45) is 2.21. The molecule has 16 heavy (non-hydrogen) atoms. The minimum Gasteiger partial charge on any atom is -0.326 e. The van der Waals surface area contributed by atoms with Crippen LogP contribution in [0, 0.1) is 0 Å². The van der Waals surface area contributed by atoms with Gasteiger partial charge in [0, 0.05) is 18.6 Å². The van der Waals surface area contributed by atoms with Crippen molar-refractivity contribution >= 4 is 0 Å². The molecule has 2 rings (SSSR count). The van der Waals surface area contributed by atoms with Gasteiger partial charge in [-0.2, -0.15) is 0 Å². The van der Waals surface area contributed by atoms with Crippen molar-refractivity contribution in [3.05, 3.63) is 35.4 Å². The zero-order valence-corrected chi connectivity index (χ0v) is 10.2. The molecule has 0 aliphatic carbocycles. The fraction of sp³-hybridized carbons (Fsp3) is 0.571. The number of piperidine rings is 1. The summed E-state index contributed by atoms with van der Waals surface area (Å²) < 4.78 is 0. The fourth-order valence-corrected chi connectivity index (χ4v) is 2.37. The molecule has 0 spiro atoms. The summed E-state index contributed by atoms with van der Waals surface area (Å²) in [7, 11) is 0. The van der Waals surface area contributed by atoms with Gasteiger partial charge in [0.1, 0.15) is 0 Å². The van der Waals surface area contributed by atoms with Gasteiger partial charge in [0.25, 0.3) is 0 Å². The third-order valence-corrected chi connectivity index (χ3v) is 3.74. The van der Waals surface area contributed by atoms with E-state index in [1.165, 1.54) is 11.1 Å². The average molecular weight is 218 g/mol. The zero-order valence-electron chi connectivity index (χ0n) is 10.2. The van der Waals surface area contributed by atoms with Gasteiger partial charge in [-0.15, -0.1) is 0 Å². The van der Waals surface area contributed by atoms with E-state index in [1.54, 1.807) is 0 Å². The second-order valence-electron chi connectivity index (χ2n) is 4.89. The van der Waals surface area contributed by atoms with Crippen molar-refractivity contribution in [1.82, 2.24) is 5.32 Å². The zero-order chi connectivity index (χ0) is 11.5. The summed E-state index contributed by atoms with van der Waals surface area (Å²) in [5.41, 5.74) is 8.93. The van der Waals surface area contributed by atoms with Crippen LogP contribution in [0.25, 0.3) is 0 Å². The third kappa shape index (κ3) is 2.45. The van der Waals surface area contributed by atoms with Crippen molar-refractivity contribution in [3.8, 4) is 0 Å². The highest BCUT2D eigenvalue weighted by molar-refractivity contribution is 5.26. The SMILES string of the molecule is CCc1ccc(C2CNC(C)C(N)C2)cc1. The van der Waals surface area contributed by atoms with Gasteiger partial charge in [-0.05, 0) is 36.8 Å². The van der Waals surface area contributed by atoms with Gasteiger partial charge >= 0.3 is 0 Å². The Kier molecular flexibility index (Phi) is 3.62. The molecule has 3 unspecified atom stereocenters. The summed E-state index contributed by atoms with van der Waals surface area (Å²) in [5, 5.41) is 3.48. The standard InChI is InChI=1S/C14H22N2/c1-3-11-4-6-12(7-5-11)13-8-14(15)10(2)16-9-13/h4-7,10,13-14,16H,3,8-9,15H2,1-2H3. The molecule has 0 bridgehead atoms. The fourth-order valence-electron chi connectivity index (χ4n) is 2.37. The highest BCUT2D eigenvalue weighted by Gasteiger charge is 2.25. The van der Waals surface area contributed by atoms with Gasteiger partial charge in [0.05, 0.1) is 0 Å². The first kappa shape index (κ1) is 11.6. The second kappa shape index (κ2) is 4.98. The Hall–Kier alpha value is -0.860. The van der Waals surface area contributed by atoms with E-state index in [0.29, 0.717) is 12.0 Å². The van der Waals surface area contributed by atoms with Gasteiger partial charge in [0.15, 0.2) is 0 Å². The molecule has 1 aliphatic rings. The molecule has 1 aromatic rings. The summed E-state index contributed by atoms with van der Waals surface area (Å²) in [4.78, 5) is 0. The molecule has 1 heterocycles. The van der Waals surface area contributed by atoms with E-state index >= 15 is 0 Å². The average Bonchev–Trinajstić information content (AvgIpc) is 2.33. The van der Waals surface area contributed by atoms with Crippen LogP contribution in [0.2, 0.25) is 0 Å². The molecule has 0 aromatic heterocycles. The van der Waals surface area contributed by atoms with Crippen LogP contribution in [-0.2, 0) is 6.42 Å². The van der Waals surface area contributed by atoms with Crippen molar-refractivity contribution in [2.45, 2.75) is 44.7 Å². The normalized spacial score (nSPS) is 30.3. The topological polar surface area (TPSA) is 38.0 Å². The molecule has 2 heteroatoms. The van der Waals surface area contributed by atoms with Crippen molar-refractivity contribution in [3.63, 3.8) is 0 Å². The number of nitrogens with one attached hydrogen (secondary N) is 1. The molecule has 88 valence electrons. The molecular weight excluding hydrogens is 196 g/mol. The summed E-state index contributed by atoms with van der Waals surface area (Å²) >= 11 is 0. The Balaban J connectivity index is 2.06. The van der Waals surface area contributed by atoms with E-state index in [9.17, 15) is 0 Å². The van der Waals surface area contributed by atoms with E-state index in [-0.39, 0.29) is 6.04 Å². The van der Waals surface area contributed by atoms with Crippen molar-refractivity contribution in [2.75, 3.05) is 6.54 Å². The highest BCUT2D eigenvalue weighted by Crippen LogP contribution is 2.24. The lowest BCUT2D eigenvalue weighted by atomic mass is 9.86. The Labute approximate surface area is 98.2 Å². The maximum atomic E-state index is 6.10. The van der Waals surface area contributed by atoms with E-state index in [2.05, 4.69) is 43.4 Å². The lowest BCUT2D eigenvalue weighted by Crippen LogP contribution is -2.50. The number of rotatable bonds is 2. The van der Waals surface area contributed by atoms with E-state index in [4.69, 9.17) is 5.73 Å². The predicted molar refractivity (Wildman–Crippen MR) is 68.6 cm³/mol. The molecule has 0 saturated carbocycles. The summed E-state index contributed by atoms with van der Waals surface area (Å²) in [5.74, 6) is 0.581. The van der Waals surface area contributed by atoms with Crippen molar-refractivity contribution in [1.29, 1.82) is 0 Å². The van der Waals surface area contributed by atoms with Crippen LogP contribution in [0.1, 0.15) is 37.3 Å². The number of benzene rings is 1. The number of hydrogen-bond acceptors (Lipinski definition) is 2. The monoisotopic (exact) mass is 218 g/mol. The molecule has 3 N–H and O–H groups in total. The molecule has 1 fully saturated rings. The lowest BCUT2D eigenvalue weighted by molar-refractivity contribution is 0.337. The first-order chi connectivity index (χ1) is 7.70. The highest BCUT2D eigenvalue weighted by atomic mass is 15.0. The van der Waals surface area contributed by atoms with Gasteiger partial charge in [0.2, 0.25) is 0 Å². The van der Waals surface area contributed by atoms with Crippen molar-refractivity contribution < 1.29 is 0 Å². The van der Waals surface area contributed by atoms with E-state index in [1.807, 2.05) is 0 Å². The van der Waals surface area contributed by atoms with E-state index < -0.39 is 0 Å². The van der Waals surface area contributed by atoms with Gasteiger partial charge < -0.3 is 11.1 Å². The van der Waals surface area contributed by atoms with Gasteiger partial charge in [-0.3, -0.25) is 0 Å². The predicted octanol–water partition coefficient (Wildman–Crippen LogP) is 2.04. The van der Waals surface area contributed by atoms with Crippen LogP contribution in [-0.4, -0.2) is 18.6 Å². The van der Waals surface area contributed by atoms with Crippen LogP contribution < -0.4 is 11.1 Å². The molecular formula is C14H22N2. The maximum Gasteiger partial charge on any atom is 0.0198 e. The van der Waals surface area contributed by atoms with Crippen LogP contribution >= 0.6 is 0 Å². The maximum absolute atomic E-state index is 6.10. The second-order valence-corrected chi connectivity index (χ2v) is 4.89. The van der Waals surface area contributed by atoms with E-state index in [0.717, 1.165) is 19.4 Å². The van der Waals surface area contributed by atoms with Gasteiger partial charge in [-0.1, -0.05) is 31.2 Å². The summed E-state index contributed by atoms with van der Waals surface area (Å²) in [6.45, 7) is 5.41. The lowest BCUT2D eigenvalue weighted by Gasteiger charge is -2.33.